The highest BCUT2D eigenvalue weighted by molar-refractivity contribution is 5.95. The maximum Gasteiger partial charge on any atom is 0.254 e. The second-order valence-corrected chi connectivity index (χ2v) is 8.27. The second kappa shape index (κ2) is 9.77. The Labute approximate surface area is 194 Å². The van der Waals surface area contributed by atoms with Crippen molar-refractivity contribution in [3.05, 3.63) is 65.9 Å². The Bertz CT molecular complexity index is 1110. The number of ether oxygens (including phenoxy) is 1. The minimum Gasteiger partial charge on any atom is -0.497 e. The van der Waals surface area contributed by atoms with E-state index in [0.717, 1.165) is 28.6 Å². The summed E-state index contributed by atoms with van der Waals surface area (Å²) >= 11 is 0. The quantitative estimate of drug-likeness (QED) is 0.621. The molecule has 1 N–H and O–H groups in total. The van der Waals surface area contributed by atoms with Gasteiger partial charge in [0.05, 0.1) is 7.11 Å². The molecule has 3 aromatic rings. The van der Waals surface area contributed by atoms with Crippen molar-refractivity contribution in [3.63, 3.8) is 0 Å². The molecule has 0 atom stereocenters. The van der Waals surface area contributed by atoms with Crippen LogP contribution < -0.4 is 19.9 Å². The topological polar surface area (TPSA) is 73.8 Å². The van der Waals surface area contributed by atoms with Crippen molar-refractivity contribution < 1.29 is 9.53 Å². The zero-order valence-corrected chi connectivity index (χ0v) is 19.6. The van der Waals surface area contributed by atoms with E-state index in [2.05, 4.69) is 15.2 Å². The summed E-state index contributed by atoms with van der Waals surface area (Å²) in [6.07, 6.45) is 0. The van der Waals surface area contributed by atoms with Gasteiger partial charge in [-0.1, -0.05) is 6.07 Å². The number of piperazine rings is 1. The van der Waals surface area contributed by atoms with Crippen LogP contribution in [-0.2, 0) is 0 Å². The van der Waals surface area contributed by atoms with Crippen molar-refractivity contribution in [1.29, 1.82) is 0 Å². The van der Waals surface area contributed by atoms with E-state index in [-0.39, 0.29) is 5.91 Å². The molecule has 0 radical (unpaired) electrons. The summed E-state index contributed by atoms with van der Waals surface area (Å²) in [5.41, 5.74) is 3.54. The molecule has 8 nitrogen and oxygen atoms in total. The van der Waals surface area contributed by atoms with E-state index in [9.17, 15) is 4.79 Å². The molecule has 1 aromatic heterocycles. The molecule has 8 heteroatoms. The normalized spacial score (nSPS) is 13.6. The van der Waals surface area contributed by atoms with Crippen molar-refractivity contribution in [2.45, 2.75) is 6.92 Å². The van der Waals surface area contributed by atoms with Crippen LogP contribution >= 0.6 is 0 Å². The summed E-state index contributed by atoms with van der Waals surface area (Å²) in [5, 5.41) is 3.34. The zero-order valence-electron chi connectivity index (χ0n) is 19.6. The van der Waals surface area contributed by atoms with E-state index in [0.29, 0.717) is 37.7 Å². The molecule has 0 spiro atoms. The van der Waals surface area contributed by atoms with E-state index in [1.54, 1.807) is 7.11 Å². The summed E-state index contributed by atoms with van der Waals surface area (Å²) in [6, 6.07) is 17.4. The lowest BCUT2D eigenvalue weighted by molar-refractivity contribution is 0.0746. The van der Waals surface area contributed by atoms with Crippen LogP contribution in [0.2, 0.25) is 0 Å². The Morgan fingerprint density at radius 3 is 2.39 bits per heavy atom. The van der Waals surface area contributed by atoms with E-state index in [1.807, 2.05) is 85.4 Å². The number of carbonyl (C=O) groups excluding carboxylic acids is 1. The van der Waals surface area contributed by atoms with Gasteiger partial charge < -0.3 is 24.8 Å². The number of hydrogen-bond acceptors (Lipinski definition) is 7. The van der Waals surface area contributed by atoms with Gasteiger partial charge in [0.15, 0.2) is 0 Å². The summed E-state index contributed by atoms with van der Waals surface area (Å²) < 4.78 is 5.22. The Hall–Kier alpha value is -3.81. The minimum absolute atomic E-state index is 0.0605. The molecular formula is C25H30N6O2. The second-order valence-electron chi connectivity index (χ2n) is 8.27. The Morgan fingerprint density at radius 1 is 1.00 bits per heavy atom. The van der Waals surface area contributed by atoms with Gasteiger partial charge in [0, 0.05) is 69.0 Å². The maximum absolute atomic E-state index is 13.0. The summed E-state index contributed by atoms with van der Waals surface area (Å²) in [7, 11) is 5.60. The Kier molecular flexibility index (Phi) is 6.63. The Morgan fingerprint density at radius 2 is 1.73 bits per heavy atom. The molecule has 1 saturated heterocycles. The number of carbonyl (C=O) groups is 1. The molecule has 1 amide bonds. The van der Waals surface area contributed by atoms with Crippen molar-refractivity contribution >= 4 is 29.0 Å². The molecule has 0 saturated carbocycles. The fourth-order valence-corrected chi connectivity index (χ4v) is 3.79. The first kappa shape index (κ1) is 22.4. The first-order chi connectivity index (χ1) is 15.9. The lowest BCUT2D eigenvalue weighted by atomic mass is 10.1. The van der Waals surface area contributed by atoms with E-state index in [1.165, 1.54) is 0 Å². The monoisotopic (exact) mass is 446 g/mol. The number of hydrogen-bond donors (Lipinski definition) is 1. The van der Waals surface area contributed by atoms with Gasteiger partial charge in [0.25, 0.3) is 5.91 Å². The van der Waals surface area contributed by atoms with Crippen molar-refractivity contribution in [1.82, 2.24) is 14.9 Å². The smallest absolute Gasteiger partial charge is 0.254 e. The highest BCUT2D eigenvalue weighted by Gasteiger charge is 2.24. The average molecular weight is 447 g/mol. The van der Waals surface area contributed by atoms with Crippen LogP contribution in [0.25, 0.3) is 0 Å². The number of anilines is 4. The molecule has 1 aliphatic heterocycles. The first-order valence-corrected chi connectivity index (χ1v) is 11.0. The van der Waals surface area contributed by atoms with Crippen LogP contribution in [0.15, 0.2) is 54.6 Å². The third-order valence-electron chi connectivity index (χ3n) is 5.66. The largest absolute Gasteiger partial charge is 0.497 e. The standard InChI is InChI=1S/C25H30N6O2/c1-18-16-23(27-20-8-10-22(33-4)11-9-20)28-25(26-18)31-14-12-30(13-15-31)24(32)19-6-5-7-21(17-19)29(2)3/h5-11,16-17H,12-15H2,1-4H3,(H,26,27,28). The predicted octanol–water partition coefficient (Wildman–Crippen LogP) is 3.57. The van der Waals surface area contributed by atoms with Crippen LogP contribution in [0, 0.1) is 6.92 Å². The minimum atomic E-state index is 0.0605. The molecule has 1 fully saturated rings. The number of rotatable bonds is 6. The molecular weight excluding hydrogens is 416 g/mol. The van der Waals surface area contributed by atoms with Gasteiger partial charge in [-0.2, -0.15) is 4.98 Å². The number of amides is 1. The molecule has 0 aliphatic carbocycles. The van der Waals surface area contributed by atoms with E-state index in [4.69, 9.17) is 9.72 Å². The van der Waals surface area contributed by atoms with Gasteiger partial charge in [0.2, 0.25) is 5.95 Å². The fraction of sp³-hybridized carbons (Fsp3) is 0.320. The maximum atomic E-state index is 13.0. The van der Waals surface area contributed by atoms with Gasteiger partial charge in [-0.15, -0.1) is 0 Å². The number of nitrogens with zero attached hydrogens (tertiary/aromatic N) is 5. The first-order valence-electron chi connectivity index (χ1n) is 11.0. The third kappa shape index (κ3) is 5.34. The van der Waals surface area contributed by atoms with Gasteiger partial charge in [0.1, 0.15) is 11.6 Å². The van der Waals surface area contributed by atoms with Gasteiger partial charge in [-0.3, -0.25) is 4.79 Å². The zero-order chi connectivity index (χ0) is 23.4. The third-order valence-corrected chi connectivity index (χ3v) is 5.66. The highest BCUT2D eigenvalue weighted by atomic mass is 16.5. The predicted molar refractivity (Wildman–Crippen MR) is 132 cm³/mol. The van der Waals surface area contributed by atoms with Crippen molar-refractivity contribution in [3.8, 4) is 5.75 Å². The summed E-state index contributed by atoms with van der Waals surface area (Å²) in [4.78, 5) is 28.4. The van der Waals surface area contributed by atoms with Gasteiger partial charge >= 0.3 is 0 Å². The summed E-state index contributed by atoms with van der Waals surface area (Å²) in [6.45, 7) is 4.59. The van der Waals surface area contributed by atoms with Gasteiger partial charge in [-0.25, -0.2) is 4.98 Å². The number of benzene rings is 2. The Balaban J connectivity index is 1.42. The number of methoxy groups -OCH3 is 1. The van der Waals surface area contributed by atoms with E-state index < -0.39 is 0 Å². The van der Waals surface area contributed by atoms with Crippen LogP contribution in [0.5, 0.6) is 5.75 Å². The molecule has 0 unspecified atom stereocenters. The number of aromatic nitrogens is 2. The average Bonchev–Trinajstić information content (AvgIpc) is 2.84. The van der Waals surface area contributed by atoms with Crippen molar-refractivity contribution in [2.75, 3.05) is 62.5 Å². The van der Waals surface area contributed by atoms with Crippen LogP contribution in [0.3, 0.4) is 0 Å². The van der Waals surface area contributed by atoms with E-state index >= 15 is 0 Å². The van der Waals surface area contributed by atoms with Crippen LogP contribution in [-0.4, -0.2) is 68.2 Å². The lowest BCUT2D eigenvalue weighted by Crippen LogP contribution is -2.49. The number of aryl methyl sites for hydroxylation is 1. The molecule has 0 bridgehead atoms. The molecule has 1 aliphatic rings. The molecule has 2 heterocycles. The fourth-order valence-electron chi connectivity index (χ4n) is 3.79. The molecule has 2 aromatic carbocycles. The number of nitrogens with one attached hydrogen (secondary N) is 1. The van der Waals surface area contributed by atoms with Gasteiger partial charge in [-0.05, 0) is 49.4 Å². The lowest BCUT2D eigenvalue weighted by Gasteiger charge is -2.35. The SMILES string of the molecule is COc1ccc(Nc2cc(C)nc(N3CCN(C(=O)c4cccc(N(C)C)c4)CC3)n2)cc1. The van der Waals surface area contributed by atoms with Crippen molar-refractivity contribution in [2.24, 2.45) is 0 Å². The van der Waals surface area contributed by atoms with Crippen LogP contribution in [0.4, 0.5) is 23.1 Å². The highest BCUT2D eigenvalue weighted by Crippen LogP contribution is 2.22. The molecule has 33 heavy (non-hydrogen) atoms. The summed E-state index contributed by atoms with van der Waals surface area (Å²) in [5.74, 6) is 2.28. The molecule has 4 rings (SSSR count). The van der Waals surface area contributed by atoms with Crippen LogP contribution in [0.1, 0.15) is 16.1 Å². The molecule has 172 valence electrons.